The highest BCUT2D eigenvalue weighted by molar-refractivity contribution is 6.04. The monoisotopic (exact) mass is 1110 g/mol. The standard InChI is InChI=1S/C64H54O18/c1-2-38-73-63-64(72,54(65)41-24-10-3-11-25-41)55(82-61(71)47-36-22-9-23-37-47)51(49(77-63)40-75-57(67)43-28-14-5-15-29-43)81-62-53(80-60(70)46-34-20-8-21-35-46)52(79-59(69)45-32-18-7-19-33-45)50(78-58(68)44-30-16-6-17-31-44)48(76-62)39-74-56(66)42-26-12-4-13-27-42/h2-37,48-53,55,62-63,72H,1,38-40H2/t48-,49-,50-,51-,52+,53-,55+,62+,63?,64-/m1/s1. The number of carbonyl (C=O) groups is 7. The van der Waals surface area contributed by atoms with Crippen molar-refractivity contribution in [3.8, 4) is 0 Å². The first kappa shape index (κ1) is 57.3. The molecular weight excluding hydrogens is 1060 g/mol. The Balaban J connectivity index is 1.23. The SMILES string of the molecule is C=CCOC1O[C@H](COC(=O)c2ccccc2)[C@@H](O[C@@H]2O[C@H](COC(=O)c3ccccc3)[C@@H](OC(=O)c3ccccc3)[C@H](OC(=O)c3ccccc3)[C@H]2OC(=O)c2ccccc2)[C@H](OC(=O)c2ccccc2)[C@]1(O)C(=O)c1ccccc1. The molecule has 418 valence electrons. The maximum Gasteiger partial charge on any atom is 0.338 e. The van der Waals surface area contributed by atoms with Crippen molar-refractivity contribution in [2.45, 2.75) is 60.9 Å². The van der Waals surface area contributed by atoms with Crippen molar-refractivity contribution in [3.63, 3.8) is 0 Å². The lowest BCUT2D eigenvalue weighted by atomic mass is 9.80. The Morgan fingerprint density at radius 3 is 1.13 bits per heavy atom. The molecule has 10 atom stereocenters. The van der Waals surface area contributed by atoms with Crippen LogP contribution in [0.4, 0.5) is 0 Å². The van der Waals surface area contributed by atoms with Crippen molar-refractivity contribution >= 4 is 41.6 Å². The molecule has 0 radical (unpaired) electrons. The van der Waals surface area contributed by atoms with Gasteiger partial charge in [0.1, 0.15) is 31.5 Å². The molecule has 7 aromatic rings. The summed E-state index contributed by atoms with van der Waals surface area (Å²) in [5.41, 5.74) is -3.07. The van der Waals surface area contributed by atoms with E-state index in [9.17, 15) is 33.9 Å². The Bertz CT molecular complexity index is 3300. The lowest BCUT2D eigenvalue weighted by Crippen LogP contribution is -2.73. The van der Waals surface area contributed by atoms with Crippen LogP contribution in [0.2, 0.25) is 0 Å². The number of hydrogen-bond acceptors (Lipinski definition) is 18. The van der Waals surface area contributed by atoms with Gasteiger partial charge < -0.3 is 52.5 Å². The van der Waals surface area contributed by atoms with Crippen LogP contribution in [0.1, 0.15) is 72.5 Å². The molecular formula is C64H54O18. The molecule has 2 aliphatic rings. The topological polar surface area (TPSA) is 232 Å². The van der Waals surface area contributed by atoms with Crippen LogP contribution in [-0.4, -0.2) is 127 Å². The van der Waals surface area contributed by atoms with Gasteiger partial charge in [-0.05, 0) is 72.8 Å². The first-order valence-electron chi connectivity index (χ1n) is 25.9. The summed E-state index contributed by atoms with van der Waals surface area (Å²) in [6.45, 7) is 1.79. The molecule has 0 aromatic heterocycles. The number of benzene rings is 7. The van der Waals surface area contributed by atoms with E-state index >= 15 is 4.79 Å². The van der Waals surface area contributed by atoms with Gasteiger partial charge in [0.05, 0.1) is 40.0 Å². The normalized spacial score (nSPS) is 22.9. The number of hydrogen-bond donors (Lipinski definition) is 1. The maximum atomic E-state index is 15.3. The van der Waals surface area contributed by atoms with E-state index in [1.54, 1.807) is 115 Å². The third-order valence-electron chi connectivity index (χ3n) is 13.2. The van der Waals surface area contributed by atoms with Crippen LogP contribution >= 0.6 is 0 Å². The highest BCUT2D eigenvalue weighted by Gasteiger charge is 2.65. The van der Waals surface area contributed by atoms with E-state index in [0.29, 0.717) is 0 Å². The largest absolute Gasteiger partial charge is 0.459 e. The van der Waals surface area contributed by atoms with E-state index in [-0.39, 0.29) is 45.6 Å². The van der Waals surface area contributed by atoms with E-state index < -0.39 is 116 Å². The minimum atomic E-state index is -3.10. The Hall–Kier alpha value is -9.43. The summed E-state index contributed by atoms with van der Waals surface area (Å²) in [7, 11) is 0. The van der Waals surface area contributed by atoms with Crippen molar-refractivity contribution in [1.29, 1.82) is 0 Å². The zero-order valence-corrected chi connectivity index (χ0v) is 43.7. The molecule has 0 aliphatic carbocycles. The van der Waals surface area contributed by atoms with Crippen LogP contribution in [-0.2, 0) is 47.4 Å². The Morgan fingerprint density at radius 1 is 0.415 bits per heavy atom. The molecule has 1 unspecified atom stereocenters. The van der Waals surface area contributed by atoms with Crippen LogP contribution in [0.3, 0.4) is 0 Å². The first-order valence-corrected chi connectivity index (χ1v) is 25.9. The van der Waals surface area contributed by atoms with Gasteiger partial charge in [0.2, 0.25) is 11.4 Å². The van der Waals surface area contributed by atoms with Gasteiger partial charge >= 0.3 is 35.8 Å². The van der Waals surface area contributed by atoms with Gasteiger partial charge in [-0.2, -0.15) is 0 Å². The van der Waals surface area contributed by atoms with E-state index in [1.165, 1.54) is 103 Å². The zero-order chi connectivity index (χ0) is 57.4. The third kappa shape index (κ3) is 13.6. The molecule has 0 amide bonds. The summed E-state index contributed by atoms with van der Waals surface area (Å²) in [5, 5.41) is 13.4. The molecule has 1 N–H and O–H groups in total. The summed E-state index contributed by atoms with van der Waals surface area (Å²) in [6, 6.07) is 53.7. The molecule has 82 heavy (non-hydrogen) atoms. The second kappa shape index (κ2) is 27.2. The average molecular weight is 1110 g/mol. The predicted octanol–water partition coefficient (Wildman–Crippen LogP) is 8.25. The molecule has 0 saturated carbocycles. The highest BCUT2D eigenvalue weighted by Crippen LogP contribution is 2.41. The quantitative estimate of drug-likeness (QED) is 0.0309. The van der Waals surface area contributed by atoms with Gasteiger partial charge in [0, 0.05) is 5.56 Å². The highest BCUT2D eigenvalue weighted by atomic mass is 16.8. The predicted molar refractivity (Wildman–Crippen MR) is 290 cm³/mol. The Morgan fingerprint density at radius 2 is 0.744 bits per heavy atom. The van der Waals surface area contributed by atoms with Gasteiger partial charge in [-0.15, -0.1) is 6.58 Å². The average Bonchev–Trinajstić information content (AvgIpc) is 2.56. The molecule has 0 spiro atoms. The fraction of sp³-hybridized carbons (Fsp3) is 0.203. The van der Waals surface area contributed by atoms with Crippen molar-refractivity contribution in [3.05, 3.63) is 264 Å². The van der Waals surface area contributed by atoms with E-state index in [1.807, 2.05) is 0 Å². The summed E-state index contributed by atoms with van der Waals surface area (Å²) in [6.07, 6.45) is -16.6. The minimum Gasteiger partial charge on any atom is -0.459 e. The van der Waals surface area contributed by atoms with Gasteiger partial charge in [-0.1, -0.05) is 146 Å². The van der Waals surface area contributed by atoms with Crippen LogP contribution in [0.15, 0.2) is 225 Å². The van der Waals surface area contributed by atoms with Gasteiger partial charge in [-0.25, -0.2) is 28.8 Å². The molecule has 2 aliphatic heterocycles. The van der Waals surface area contributed by atoms with Crippen molar-refractivity contribution in [2.75, 3.05) is 19.8 Å². The fourth-order valence-corrected chi connectivity index (χ4v) is 9.11. The van der Waals surface area contributed by atoms with E-state index in [2.05, 4.69) is 6.58 Å². The smallest absolute Gasteiger partial charge is 0.338 e. The minimum absolute atomic E-state index is 0.0105. The number of aliphatic hydroxyl groups is 1. The van der Waals surface area contributed by atoms with Crippen molar-refractivity contribution < 1.29 is 86.0 Å². The van der Waals surface area contributed by atoms with Gasteiger partial charge in [0.15, 0.2) is 37.0 Å². The lowest BCUT2D eigenvalue weighted by molar-refractivity contribution is -0.366. The molecule has 2 saturated heterocycles. The molecule has 7 aromatic carbocycles. The lowest BCUT2D eigenvalue weighted by Gasteiger charge is -2.51. The molecule has 2 fully saturated rings. The molecule has 0 bridgehead atoms. The van der Waals surface area contributed by atoms with E-state index in [0.717, 1.165) is 0 Å². The van der Waals surface area contributed by atoms with E-state index in [4.69, 9.17) is 47.4 Å². The van der Waals surface area contributed by atoms with Gasteiger partial charge in [0.25, 0.3) is 0 Å². The second-order valence-electron chi connectivity index (χ2n) is 18.6. The molecule has 2 heterocycles. The van der Waals surface area contributed by atoms with Crippen LogP contribution < -0.4 is 0 Å². The Labute approximate surface area is 470 Å². The van der Waals surface area contributed by atoms with Crippen molar-refractivity contribution in [1.82, 2.24) is 0 Å². The number of esters is 6. The number of rotatable bonds is 21. The molecule has 9 rings (SSSR count). The number of Topliss-reactive ketones (excluding diaryl/α,β-unsaturated/α-hetero) is 1. The summed E-state index contributed by atoms with van der Waals surface area (Å²) < 4.78 is 63.0. The third-order valence-corrected chi connectivity index (χ3v) is 13.2. The van der Waals surface area contributed by atoms with Crippen LogP contribution in [0.25, 0.3) is 0 Å². The van der Waals surface area contributed by atoms with Crippen LogP contribution in [0, 0.1) is 0 Å². The summed E-state index contributed by atoms with van der Waals surface area (Å²) in [5.74, 6) is -7.01. The van der Waals surface area contributed by atoms with Crippen LogP contribution in [0.5, 0.6) is 0 Å². The second-order valence-corrected chi connectivity index (χ2v) is 18.6. The molecule has 18 heteroatoms. The summed E-state index contributed by atoms with van der Waals surface area (Å²) in [4.78, 5) is 101. The zero-order valence-electron chi connectivity index (χ0n) is 43.7. The summed E-state index contributed by atoms with van der Waals surface area (Å²) >= 11 is 0. The number of ether oxygens (including phenoxy) is 10. The Kier molecular flexibility index (Phi) is 19.0. The number of carbonyl (C=O) groups excluding carboxylic acids is 7. The molecule has 18 nitrogen and oxygen atoms in total. The number of ketones is 1. The first-order chi connectivity index (χ1) is 39.9. The fourth-order valence-electron chi connectivity index (χ4n) is 9.11. The maximum absolute atomic E-state index is 15.3. The van der Waals surface area contributed by atoms with Crippen molar-refractivity contribution in [2.24, 2.45) is 0 Å². The van der Waals surface area contributed by atoms with Gasteiger partial charge in [-0.3, -0.25) is 4.79 Å².